The number of nitrogens with zero attached hydrogens (tertiary/aromatic N) is 3. The summed E-state index contributed by atoms with van der Waals surface area (Å²) in [6.45, 7) is 1.75. The maximum absolute atomic E-state index is 14.2. The number of aromatic nitrogens is 2. The molecule has 9 heteroatoms. The van der Waals surface area contributed by atoms with E-state index >= 15 is 0 Å². The second kappa shape index (κ2) is 9.85. The standard InChI is InChI=1S/C29H27ClFN5O2/c30-23-12-18(13-24(31)29(23)38)17-3-5-25-21(11-17)27(22(15-33-25)28(37)16-1-2-16)35-20-4-6-26(34-14-20)36-9-7-19(32)8-10-36/h3-6,11-16,19,38H,1-2,7-10,32H2,(H,33,35). The summed E-state index contributed by atoms with van der Waals surface area (Å²) >= 11 is 6.03. The fourth-order valence-electron chi connectivity index (χ4n) is 4.91. The second-order valence-corrected chi connectivity index (χ2v) is 10.5. The van der Waals surface area contributed by atoms with E-state index in [1.807, 2.05) is 30.3 Å². The monoisotopic (exact) mass is 531 g/mol. The van der Waals surface area contributed by atoms with Crippen LogP contribution in [-0.4, -0.2) is 40.0 Å². The molecule has 194 valence electrons. The summed E-state index contributed by atoms with van der Waals surface area (Å²) in [6.07, 6.45) is 7.02. The van der Waals surface area contributed by atoms with Crippen LogP contribution >= 0.6 is 11.6 Å². The molecule has 0 atom stereocenters. The van der Waals surface area contributed by atoms with E-state index < -0.39 is 11.6 Å². The van der Waals surface area contributed by atoms with Crippen molar-refractivity contribution in [3.63, 3.8) is 0 Å². The first-order valence-electron chi connectivity index (χ1n) is 12.8. The van der Waals surface area contributed by atoms with Gasteiger partial charge in [-0.2, -0.15) is 0 Å². The fraction of sp³-hybridized carbons (Fsp3) is 0.276. The Bertz CT molecular complexity index is 1510. The summed E-state index contributed by atoms with van der Waals surface area (Å²) in [5.74, 6) is -0.427. The number of benzene rings is 2. The number of carbonyl (C=O) groups is 1. The third-order valence-electron chi connectivity index (χ3n) is 7.31. The fourth-order valence-corrected chi connectivity index (χ4v) is 5.12. The average molecular weight is 532 g/mol. The van der Waals surface area contributed by atoms with Gasteiger partial charge >= 0.3 is 0 Å². The largest absolute Gasteiger partial charge is 0.504 e. The van der Waals surface area contributed by atoms with Crippen LogP contribution in [-0.2, 0) is 0 Å². The Labute approximate surface area is 224 Å². The molecule has 4 N–H and O–H groups in total. The van der Waals surface area contributed by atoms with Crippen molar-refractivity contribution in [2.75, 3.05) is 23.3 Å². The summed E-state index contributed by atoms with van der Waals surface area (Å²) in [5.41, 5.74) is 9.79. The summed E-state index contributed by atoms with van der Waals surface area (Å²) in [5, 5.41) is 13.8. The Morgan fingerprint density at radius 2 is 1.82 bits per heavy atom. The number of rotatable bonds is 6. The van der Waals surface area contributed by atoms with E-state index in [2.05, 4.69) is 20.2 Å². The maximum atomic E-state index is 14.2. The first kappa shape index (κ1) is 24.6. The van der Waals surface area contributed by atoms with Crippen LogP contribution in [0.5, 0.6) is 5.75 Å². The molecule has 0 amide bonds. The van der Waals surface area contributed by atoms with Gasteiger partial charge in [-0.15, -0.1) is 0 Å². The van der Waals surface area contributed by atoms with E-state index in [1.54, 1.807) is 12.4 Å². The van der Waals surface area contributed by atoms with Crippen molar-refractivity contribution in [1.82, 2.24) is 9.97 Å². The summed E-state index contributed by atoms with van der Waals surface area (Å²) in [6, 6.07) is 12.4. The van der Waals surface area contributed by atoms with E-state index in [0.29, 0.717) is 33.3 Å². The molecule has 2 fully saturated rings. The van der Waals surface area contributed by atoms with Gasteiger partial charge in [-0.25, -0.2) is 9.37 Å². The number of pyridine rings is 2. The third-order valence-corrected chi connectivity index (χ3v) is 7.60. The van der Waals surface area contributed by atoms with Crippen LogP contribution in [0.1, 0.15) is 36.0 Å². The molecule has 7 nitrogen and oxygen atoms in total. The predicted molar refractivity (Wildman–Crippen MR) is 148 cm³/mol. The van der Waals surface area contributed by atoms with Crippen LogP contribution in [0, 0.1) is 11.7 Å². The van der Waals surface area contributed by atoms with Crippen LogP contribution < -0.4 is 16.0 Å². The molecule has 0 bridgehead atoms. The molecular formula is C29H27ClFN5O2. The second-order valence-electron chi connectivity index (χ2n) is 10.1. The van der Waals surface area contributed by atoms with E-state index in [4.69, 9.17) is 17.3 Å². The molecule has 2 aromatic carbocycles. The molecule has 1 saturated carbocycles. The van der Waals surface area contributed by atoms with Crippen molar-refractivity contribution in [2.45, 2.75) is 31.7 Å². The highest BCUT2D eigenvalue weighted by molar-refractivity contribution is 6.32. The minimum Gasteiger partial charge on any atom is -0.504 e. The van der Waals surface area contributed by atoms with E-state index in [9.17, 15) is 14.3 Å². The zero-order chi connectivity index (χ0) is 26.4. The van der Waals surface area contributed by atoms with E-state index in [-0.39, 0.29) is 22.8 Å². The lowest BCUT2D eigenvalue weighted by Crippen LogP contribution is -2.40. The number of nitrogens with two attached hydrogens (primary N) is 1. The van der Waals surface area contributed by atoms with Gasteiger partial charge in [0.15, 0.2) is 17.3 Å². The molecule has 3 heterocycles. The highest BCUT2D eigenvalue weighted by Crippen LogP contribution is 2.39. The van der Waals surface area contributed by atoms with Crippen LogP contribution in [0.2, 0.25) is 5.02 Å². The Kier molecular flexibility index (Phi) is 6.37. The molecule has 2 aromatic heterocycles. The van der Waals surface area contributed by atoms with Gasteiger partial charge in [0.1, 0.15) is 5.82 Å². The zero-order valence-electron chi connectivity index (χ0n) is 20.6. The average Bonchev–Trinajstić information content (AvgIpc) is 3.78. The maximum Gasteiger partial charge on any atom is 0.170 e. The number of piperidine rings is 1. The lowest BCUT2D eigenvalue weighted by molar-refractivity contribution is 0.0968. The van der Waals surface area contributed by atoms with E-state index in [1.165, 1.54) is 12.1 Å². The summed E-state index contributed by atoms with van der Waals surface area (Å²) in [4.78, 5) is 24.7. The van der Waals surface area contributed by atoms with Crippen LogP contribution in [0.25, 0.3) is 22.0 Å². The number of hydrogen-bond donors (Lipinski definition) is 3. The molecule has 0 spiro atoms. The van der Waals surface area contributed by atoms with Crippen molar-refractivity contribution in [2.24, 2.45) is 11.7 Å². The number of halogens is 2. The molecule has 2 aliphatic rings. The highest BCUT2D eigenvalue weighted by atomic mass is 35.5. The van der Waals surface area contributed by atoms with Crippen LogP contribution in [0.15, 0.2) is 54.9 Å². The van der Waals surface area contributed by atoms with Crippen molar-refractivity contribution < 1.29 is 14.3 Å². The number of Topliss-reactive ketones (excluding diaryl/α,β-unsaturated/α-hetero) is 1. The Morgan fingerprint density at radius 1 is 1.03 bits per heavy atom. The number of ketones is 1. The van der Waals surface area contributed by atoms with Crippen molar-refractivity contribution in [3.8, 4) is 16.9 Å². The van der Waals surface area contributed by atoms with Gasteiger partial charge in [0.25, 0.3) is 0 Å². The number of aromatic hydroxyl groups is 1. The molecule has 1 aliphatic carbocycles. The van der Waals surface area contributed by atoms with Gasteiger partial charge in [-0.1, -0.05) is 17.7 Å². The van der Waals surface area contributed by atoms with Crippen LogP contribution in [0.4, 0.5) is 21.6 Å². The Balaban J connectivity index is 1.40. The number of hydrogen-bond acceptors (Lipinski definition) is 7. The number of nitrogens with one attached hydrogen (secondary N) is 1. The first-order chi connectivity index (χ1) is 18.4. The molecule has 1 aliphatic heterocycles. The van der Waals surface area contributed by atoms with Gasteiger partial charge in [-0.05, 0) is 73.2 Å². The lowest BCUT2D eigenvalue weighted by Gasteiger charge is -2.31. The first-order valence-corrected chi connectivity index (χ1v) is 13.1. The molecule has 6 rings (SSSR count). The molecule has 1 saturated heterocycles. The van der Waals surface area contributed by atoms with Crippen molar-refractivity contribution >= 4 is 45.5 Å². The zero-order valence-corrected chi connectivity index (χ0v) is 21.4. The minimum absolute atomic E-state index is 0.00829. The molecule has 38 heavy (non-hydrogen) atoms. The quantitative estimate of drug-likeness (QED) is 0.260. The van der Waals surface area contributed by atoms with Gasteiger partial charge in [0, 0.05) is 36.6 Å². The highest BCUT2D eigenvalue weighted by Gasteiger charge is 2.32. The smallest absolute Gasteiger partial charge is 0.170 e. The topological polar surface area (TPSA) is 104 Å². The molecule has 0 radical (unpaired) electrons. The summed E-state index contributed by atoms with van der Waals surface area (Å²) in [7, 11) is 0. The third kappa shape index (κ3) is 4.77. The number of phenolic OH excluding ortho intramolecular Hbond substituents is 1. The number of carbonyl (C=O) groups excluding carboxylic acids is 1. The normalized spacial score (nSPS) is 16.1. The minimum atomic E-state index is -0.802. The van der Waals surface area contributed by atoms with Gasteiger partial charge < -0.3 is 21.1 Å². The van der Waals surface area contributed by atoms with Crippen molar-refractivity contribution in [3.05, 3.63) is 71.3 Å². The molecule has 4 aromatic rings. The predicted octanol–water partition coefficient (Wildman–Crippen LogP) is 6.06. The van der Waals surface area contributed by atoms with Gasteiger partial charge in [0.2, 0.25) is 0 Å². The SMILES string of the molecule is NC1CCN(c2ccc(Nc3c(C(=O)C4CC4)cnc4ccc(-c5cc(F)c(O)c(Cl)c5)cc34)cn2)CC1. The molecular weight excluding hydrogens is 505 g/mol. The van der Waals surface area contributed by atoms with Gasteiger partial charge in [-0.3, -0.25) is 9.78 Å². The van der Waals surface area contributed by atoms with E-state index in [0.717, 1.165) is 50.3 Å². The van der Waals surface area contributed by atoms with Crippen molar-refractivity contribution in [1.29, 1.82) is 0 Å². The van der Waals surface area contributed by atoms with Gasteiger partial charge in [0.05, 0.1) is 33.7 Å². The number of anilines is 3. The molecule has 0 unspecified atom stereocenters. The Hall–Kier alpha value is -3.75. The lowest BCUT2D eigenvalue weighted by atomic mass is 9.98. The van der Waals surface area contributed by atoms with Crippen LogP contribution in [0.3, 0.4) is 0 Å². The number of fused-ring (bicyclic) bond motifs is 1. The number of phenols is 1. The Morgan fingerprint density at radius 3 is 2.50 bits per heavy atom. The summed E-state index contributed by atoms with van der Waals surface area (Å²) < 4.78 is 14.2.